The SMILES string of the molecule is C[C@](C#N)(NC(=O)COC(=O)c1ccc(Cl)cc1N1CCCC1=O)C1CC1. The maximum absolute atomic E-state index is 12.5. The maximum atomic E-state index is 12.5. The number of nitriles is 1. The number of benzene rings is 1. The van der Waals surface area contributed by atoms with Crippen LogP contribution in [0.5, 0.6) is 0 Å². The van der Waals surface area contributed by atoms with Gasteiger partial charge in [-0.3, -0.25) is 9.59 Å². The van der Waals surface area contributed by atoms with Crippen LogP contribution in [-0.2, 0) is 14.3 Å². The maximum Gasteiger partial charge on any atom is 0.340 e. The molecule has 1 aliphatic heterocycles. The second-order valence-electron chi connectivity index (χ2n) is 7.02. The van der Waals surface area contributed by atoms with Gasteiger partial charge in [0.2, 0.25) is 5.91 Å². The zero-order valence-electron chi connectivity index (χ0n) is 15.0. The number of carbonyl (C=O) groups excluding carboxylic acids is 3. The van der Waals surface area contributed by atoms with Crippen molar-refractivity contribution in [2.45, 2.75) is 38.1 Å². The highest BCUT2D eigenvalue weighted by molar-refractivity contribution is 6.31. The number of hydrogen-bond acceptors (Lipinski definition) is 5. The molecular formula is C19H20ClN3O4. The molecule has 2 amide bonds. The molecule has 0 bridgehead atoms. The second-order valence-corrected chi connectivity index (χ2v) is 7.46. The molecule has 1 aromatic carbocycles. The second kappa shape index (κ2) is 7.57. The van der Waals surface area contributed by atoms with Crippen LogP contribution in [0, 0.1) is 17.2 Å². The Hall–Kier alpha value is -2.59. The third-order valence-corrected chi connectivity index (χ3v) is 5.14. The van der Waals surface area contributed by atoms with Gasteiger partial charge in [-0.25, -0.2) is 4.79 Å². The van der Waals surface area contributed by atoms with Crippen molar-refractivity contribution < 1.29 is 19.1 Å². The lowest BCUT2D eigenvalue weighted by Gasteiger charge is -2.23. The third-order valence-electron chi connectivity index (χ3n) is 4.90. The number of ether oxygens (including phenoxy) is 1. The molecule has 3 rings (SSSR count). The highest BCUT2D eigenvalue weighted by Gasteiger charge is 2.43. The Morgan fingerprint density at radius 2 is 2.19 bits per heavy atom. The minimum Gasteiger partial charge on any atom is -0.452 e. The van der Waals surface area contributed by atoms with Gasteiger partial charge in [0.15, 0.2) is 6.61 Å². The predicted molar refractivity (Wildman–Crippen MR) is 98.2 cm³/mol. The Morgan fingerprint density at radius 3 is 2.78 bits per heavy atom. The lowest BCUT2D eigenvalue weighted by Crippen LogP contribution is -2.48. The van der Waals surface area contributed by atoms with Crippen LogP contribution in [0.15, 0.2) is 18.2 Å². The zero-order valence-corrected chi connectivity index (χ0v) is 15.7. The Kier molecular flexibility index (Phi) is 5.38. The molecule has 1 N–H and O–H groups in total. The van der Waals surface area contributed by atoms with E-state index in [0.717, 1.165) is 12.8 Å². The van der Waals surface area contributed by atoms with Gasteiger partial charge in [-0.1, -0.05) is 11.6 Å². The van der Waals surface area contributed by atoms with Gasteiger partial charge in [0.25, 0.3) is 5.91 Å². The third kappa shape index (κ3) is 4.22. The first-order valence-electron chi connectivity index (χ1n) is 8.83. The highest BCUT2D eigenvalue weighted by atomic mass is 35.5. The smallest absolute Gasteiger partial charge is 0.340 e. The molecule has 1 saturated carbocycles. The summed E-state index contributed by atoms with van der Waals surface area (Å²) in [6.45, 7) is 1.67. The predicted octanol–water partition coefficient (Wildman–Crippen LogP) is 2.43. The average Bonchev–Trinajstić information content (AvgIpc) is 3.42. The van der Waals surface area contributed by atoms with Gasteiger partial charge >= 0.3 is 5.97 Å². The molecule has 1 aliphatic carbocycles. The fourth-order valence-electron chi connectivity index (χ4n) is 3.22. The van der Waals surface area contributed by atoms with Crippen molar-refractivity contribution in [3.8, 4) is 6.07 Å². The van der Waals surface area contributed by atoms with E-state index < -0.39 is 24.0 Å². The summed E-state index contributed by atoms with van der Waals surface area (Å²) < 4.78 is 5.11. The first kappa shape index (κ1) is 19.2. The molecule has 0 spiro atoms. The fraction of sp³-hybridized carbons (Fsp3) is 0.474. The van der Waals surface area contributed by atoms with Crippen molar-refractivity contribution in [2.24, 2.45) is 5.92 Å². The zero-order chi connectivity index (χ0) is 19.6. The van der Waals surface area contributed by atoms with Crippen LogP contribution in [0.25, 0.3) is 0 Å². The number of halogens is 1. The van der Waals surface area contributed by atoms with Crippen LogP contribution in [0.3, 0.4) is 0 Å². The van der Waals surface area contributed by atoms with Crippen LogP contribution >= 0.6 is 11.6 Å². The van der Waals surface area contributed by atoms with Gasteiger partial charge in [0.1, 0.15) is 5.54 Å². The monoisotopic (exact) mass is 389 g/mol. The van der Waals surface area contributed by atoms with E-state index in [9.17, 15) is 19.6 Å². The summed E-state index contributed by atoms with van der Waals surface area (Å²) in [7, 11) is 0. The van der Waals surface area contributed by atoms with E-state index >= 15 is 0 Å². The van der Waals surface area contributed by atoms with Crippen molar-refractivity contribution >= 4 is 35.1 Å². The molecule has 2 aliphatic rings. The van der Waals surface area contributed by atoms with E-state index in [-0.39, 0.29) is 17.4 Å². The molecule has 1 heterocycles. The van der Waals surface area contributed by atoms with Crippen molar-refractivity contribution in [3.63, 3.8) is 0 Å². The topological polar surface area (TPSA) is 99.5 Å². The molecule has 8 heteroatoms. The number of anilines is 1. The van der Waals surface area contributed by atoms with Crippen molar-refractivity contribution in [1.82, 2.24) is 5.32 Å². The molecule has 27 heavy (non-hydrogen) atoms. The number of nitrogens with one attached hydrogen (secondary N) is 1. The highest BCUT2D eigenvalue weighted by Crippen LogP contribution is 2.39. The molecular weight excluding hydrogens is 370 g/mol. The lowest BCUT2D eigenvalue weighted by atomic mass is 9.98. The first-order chi connectivity index (χ1) is 12.8. The van der Waals surface area contributed by atoms with E-state index in [1.165, 1.54) is 17.0 Å². The summed E-state index contributed by atoms with van der Waals surface area (Å²) in [6.07, 6.45) is 2.90. The minimum atomic E-state index is -0.948. The normalized spacial score (nSPS) is 18.6. The Labute approximate surface area is 162 Å². The van der Waals surface area contributed by atoms with Gasteiger partial charge < -0.3 is 15.0 Å². The summed E-state index contributed by atoms with van der Waals surface area (Å²) in [5.41, 5.74) is -0.389. The summed E-state index contributed by atoms with van der Waals surface area (Å²) >= 11 is 6.01. The van der Waals surface area contributed by atoms with Crippen molar-refractivity contribution in [1.29, 1.82) is 5.26 Å². The Morgan fingerprint density at radius 1 is 1.44 bits per heavy atom. The molecule has 0 radical (unpaired) electrons. The summed E-state index contributed by atoms with van der Waals surface area (Å²) in [4.78, 5) is 38.1. The summed E-state index contributed by atoms with van der Waals surface area (Å²) in [5, 5.41) is 12.3. The molecule has 0 aromatic heterocycles. The lowest BCUT2D eigenvalue weighted by molar-refractivity contribution is -0.125. The molecule has 7 nitrogen and oxygen atoms in total. The van der Waals surface area contributed by atoms with Gasteiger partial charge in [-0.05, 0) is 50.3 Å². The van der Waals surface area contributed by atoms with Gasteiger partial charge in [0, 0.05) is 18.0 Å². The van der Waals surface area contributed by atoms with Crippen LogP contribution in [0.4, 0.5) is 5.69 Å². The number of esters is 1. The minimum absolute atomic E-state index is 0.0849. The van der Waals surface area contributed by atoms with E-state index in [1.807, 2.05) is 0 Å². The van der Waals surface area contributed by atoms with Gasteiger partial charge in [0.05, 0.1) is 17.3 Å². The van der Waals surface area contributed by atoms with E-state index in [1.54, 1.807) is 13.0 Å². The van der Waals surface area contributed by atoms with Crippen LogP contribution in [0.2, 0.25) is 5.02 Å². The van der Waals surface area contributed by atoms with Crippen LogP contribution < -0.4 is 10.2 Å². The number of rotatable bonds is 6. The largest absolute Gasteiger partial charge is 0.452 e. The number of hydrogen-bond donors (Lipinski definition) is 1. The molecule has 1 atom stereocenters. The van der Waals surface area contributed by atoms with Crippen molar-refractivity contribution in [3.05, 3.63) is 28.8 Å². The van der Waals surface area contributed by atoms with E-state index in [0.29, 0.717) is 30.1 Å². The standard InChI is InChI=1S/C19H20ClN3O4/c1-19(11-21,12-4-5-12)22-16(24)10-27-18(26)14-7-6-13(20)9-15(14)23-8-2-3-17(23)25/h6-7,9,12H,2-5,8,10H2,1H3,(H,22,24)/t19-/m1/s1. The van der Waals surface area contributed by atoms with Gasteiger partial charge in [-0.15, -0.1) is 0 Å². The number of nitrogens with zero attached hydrogens (tertiary/aromatic N) is 2. The molecule has 1 aromatic rings. The summed E-state index contributed by atoms with van der Waals surface area (Å²) in [6, 6.07) is 6.67. The van der Waals surface area contributed by atoms with E-state index in [4.69, 9.17) is 16.3 Å². The van der Waals surface area contributed by atoms with Crippen LogP contribution in [0.1, 0.15) is 43.0 Å². The average molecular weight is 390 g/mol. The Bertz CT molecular complexity index is 831. The van der Waals surface area contributed by atoms with Crippen LogP contribution in [-0.4, -0.2) is 36.5 Å². The fourth-order valence-corrected chi connectivity index (χ4v) is 3.39. The molecule has 1 saturated heterocycles. The number of carbonyl (C=O) groups is 3. The van der Waals surface area contributed by atoms with Gasteiger partial charge in [-0.2, -0.15) is 5.26 Å². The molecule has 2 fully saturated rings. The Balaban J connectivity index is 1.67. The first-order valence-corrected chi connectivity index (χ1v) is 9.21. The number of amides is 2. The van der Waals surface area contributed by atoms with E-state index in [2.05, 4.69) is 11.4 Å². The quantitative estimate of drug-likeness (QED) is 0.753. The summed E-state index contributed by atoms with van der Waals surface area (Å²) in [5.74, 6) is -1.21. The van der Waals surface area contributed by atoms with Crippen molar-refractivity contribution in [2.75, 3.05) is 18.1 Å². The molecule has 142 valence electrons. The molecule has 0 unspecified atom stereocenters.